The third-order valence-electron chi connectivity index (χ3n) is 3.60. The first-order valence-corrected chi connectivity index (χ1v) is 6.03. The fourth-order valence-corrected chi connectivity index (χ4v) is 2.41. The number of rotatable bonds is 5. The van der Waals surface area contributed by atoms with E-state index in [0.717, 1.165) is 19.3 Å². The van der Waals surface area contributed by atoms with E-state index in [1.54, 1.807) is 4.90 Å². The molecule has 0 amide bonds. The number of hydrogen-bond acceptors (Lipinski definition) is 3. The maximum atomic E-state index is 12.5. The van der Waals surface area contributed by atoms with Crippen LogP contribution in [0.5, 0.6) is 0 Å². The molecule has 100 valence electrons. The van der Waals surface area contributed by atoms with E-state index in [1.807, 2.05) is 0 Å². The van der Waals surface area contributed by atoms with Crippen LogP contribution in [0, 0.1) is 5.41 Å². The summed E-state index contributed by atoms with van der Waals surface area (Å²) in [5, 5.41) is 0. The van der Waals surface area contributed by atoms with Gasteiger partial charge in [-0.3, -0.25) is 4.90 Å². The van der Waals surface area contributed by atoms with Crippen LogP contribution in [0.1, 0.15) is 19.3 Å². The van der Waals surface area contributed by atoms with Crippen molar-refractivity contribution in [1.29, 1.82) is 0 Å². The molecule has 2 N–H and O–H groups in total. The molecule has 1 saturated heterocycles. The molecule has 0 aromatic rings. The molecule has 1 saturated carbocycles. The SMILES string of the molecule is NCC1(CN(CC(F)(F)F)C2CC2)CCOC1. The summed E-state index contributed by atoms with van der Waals surface area (Å²) >= 11 is 0. The minimum absolute atomic E-state index is 0.0978. The predicted octanol–water partition coefficient (Wildman–Crippen LogP) is 1.38. The molecule has 1 aliphatic heterocycles. The van der Waals surface area contributed by atoms with Gasteiger partial charge >= 0.3 is 6.18 Å². The Kier molecular flexibility index (Phi) is 3.66. The van der Waals surface area contributed by atoms with Gasteiger partial charge in [0.1, 0.15) is 0 Å². The second-order valence-corrected chi connectivity index (χ2v) is 5.26. The lowest BCUT2D eigenvalue weighted by Crippen LogP contribution is -2.47. The highest BCUT2D eigenvalue weighted by Crippen LogP contribution is 2.35. The van der Waals surface area contributed by atoms with Gasteiger partial charge in [-0.25, -0.2) is 0 Å². The van der Waals surface area contributed by atoms with Gasteiger partial charge in [0.05, 0.1) is 13.2 Å². The van der Waals surface area contributed by atoms with Gasteiger partial charge in [-0.1, -0.05) is 0 Å². The fraction of sp³-hybridized carbons (Fsp3) is 1.00. The third-order valence-corrected chi connectivity index (χ3v) is 3.60. The second kappa shape index (κ2) is 4.74. The maximum Gasteiger partial charge on any atom is 0.401 e. The van der Waals surface area contributed by atoms with Crippen LogP contribution in [0.2, 0.25) is 0 Å². The molecule has 17 heavy (non-hydrogen) atoms. The van der Waals surface area contributed by atoms with Gasteiger partial charge in [0.2, 0.25) is 0 Å². The highest BCUT2D eigenvalue weighted by molar-refractivity contribution is 4.93. The monoisotopic (exact) mass is 252 g/mol. The van der Waals surface area contributed by atoms with Gasteiger partial charge in [0.15, 0.2) is 0 Å². The second-order valence-electron chi connectivity index (χ2n) is 5.26. The lowest BCUT2D eigenvalue weighted by Gasteiger charge is -2.33. The number of alkyl halides is 3. The van der Waals surface area contributed by atoms with E-state index in [1.165, 1.54) is 0 Å². The van der Waals surface area contributed by atoms with Crippen molar-refractivity contribution in [2.24, 2.45) is 11.1 Å². The first kappa shape index (κ1) is 13.1. The van der Waals surface area contributed by atoms with Gasteiger partial charge in [-0.2, -0.15) is 13.2 Å². The molecular formula is C11H19F3N2O. The van der Waals surface area contributed by atoms with E-state index in [9.17, 15) is 13.2 Å². The number of nitrogens with zero attached hydrogens (tertiary/aromatic N) is 1. The Balaban J connectivity index is 1.96. The van der Waals surface area contributed by atoms with Crippen LogP contribution < -0.4 is 5.73 Å². The van der Waals surface area contributed by atoms with Crippen LogP contribution >= 0.6 is 0 Å². The molecule has 0 aromatic heterocycles. The molecular weight excluding hydrogens is 233 g/mol. The molecule has 0 bridgehead atoms. The van der Waals surface area contributed by atoms with Crippen molar-refractivity contribution in [1.82, 2.24) is 4.90 Å². The van der Waals surface area contributed by atoms with Gasteiger partial charge in [0, 0.05) is 31.2 Å². The van der Waals surface area contributed by atoms with E-state index in [4.69, 9.17) is 10.5 Å². The zero-order valence-electron chi connectivity index (χ0n) is 9.80. The Morgan fingerprint density at radius 1 is 1.35 bits per heavy atom. The minimum Gasteiger partial charge on any atom is -0.381 e. The Morgan fingerprint density at radius 2 is 2.06 bits per heavy atom. The van der Waals surface area contributed by atoms with Crippen molar-refractivity contribution >= 4 is 0 Å². The Bertz CT molecular complexity index is 260. The standard InChI is InChI=1S/C11H19F3N2O/c12-11(13,14)7-16(9-1-2-9)6-10(5-15)3-4-17-8-10/h9H,1-8,15H2. The molecule has 0 radical (unpaired) electrons. The van der Waals surface area contributed by atoms with Crippen molar-refractivity contribution in [3.63, 3.8) is 0 Å². The smallest absolute Gasteiger partial charge is 0.381 e. The number of nitrogens with two attached hydrogens (primary N) is 1. The van der Waals surface area contributed by atoms with E-state index in [-0.39, 0.29) is 11.5 Å². The van der Waals surface area contributed by atoms with Gasteiger partial charge in [-0.05, 0) is 19.3 Å². The zero-order valence-corrected chi connectivity index (χ0v) is 9.80. The average molecular weight is 252 g/mol. The summed E-state index contributed by atoms with van der Waals surface area (Å²) in [6.07, 6.45) is -1.61. The van der Waals surface area contributed by atoms with Crippen molar-refractivity contribution in [3.05, 3.63) is 0 Å². The number of hydrogen-bond donors (Lipinski definition) is 1. The molecule has 0 spiro atoms. The average Bonchev–Trinajstić information content (AvgIpc) is 2.98. The molecule has 1 heterocycles. The van der Waals surface area contributed by atoms with Crippen molar-refractivity contribution < 1.29 is 17.9 Å². The summed E-state index contributed by atoms with van der Waals surface area (Å²) in [5.41, 5.74) is 5.44. The molecule has 2 aliphatic rings. The Labute approximate surface area is 99.1 Å². The van der Waals surface area contributed by atoms with Crippen LogP contribution in [-0.4, -0.2) is 50.0 Å². The third kappa shape index (κ3) is 3.56. The molecule has 1 aliphatic carbocycles. The summed E-state index contributed by atoms with van der Waals surface area (Å²) in [7, 11) is 0. The van der Waals surface area contributed by atoms with Crippen LogP contribution in [0.3, 0.4) is 0 Å². The van der Waals surface area contributed by atoms with Crippen molar-refractivity contribution in [2.45, 2.75) is 31.5 Å². The first-order valence-electron chi connectivity index (χ1n) is 6.03. The predicted molar refractivity (Wildman–Crippen MR) is 57.6 cm³/mol. The van der Waals surface area contributed by atoms with Crippen LogP contribution in [0.25, 0.3) is 0 Å². The van der Waals surface area contributed by atoms with Crippen molar-refractivity contribution in [2.75, 3.05) is 32.8 Å². The quantitative estimate of drug-likeness (QED) is 0.803. The summed E-state index contributed by atoms with van der Waals surface area (Å²) in [6, 6.07) is 0.0978. The summed E-state index contributed by atoms with van der Waals surface area (Å²) in [5.74, 6) is 0. The number of ether oxygens (including phenoxy) is 1. The number of halogens is 3. The van der Waals surface area contributed by atoms with Gasteiger partial charge in [0.25, 0.3) is 0 Å². The normalized spacial score (nSPS) is 30.2. The molecule has 2 fully saturated rings. The lowest BCUT2D eigenvalue weighted by molar-refractivity contribution is -0.150. The summed E-state index contributed by atoms with van der Waals surface area (Å²) in [6.45, 7) is 1.09. The zero-order chi connectivity index (χ0) is 12.5. The summed E-state index contributed by atoms with van der Waals surface area (Å²) in [4.78, 5) is 1.54. The Hall–Kier alpha value is -0.330. The molecule has 6 heteroatoms. The van der Waals surface area contributed by atoms with Crippen LogP contribution in [0.15, 0.2) is 0 Å². The van der Waals surface area contributed by atoms with Gasteiger partial charge < -0.3 is 10.5 Å². The van der Waals surface area contributed by atoms with E-state index in [0.29, 0.717) is 26.3 Å². The maximum absolute atomic E-state index is 12.5. The van der Waals surface area contributed by atoms with Crippen LogP contribution in [0.4, 0.5) is 13.2 Å². The van der Waals surface area contributed by atoms with Crippen LogP contribution in [-0.2, 0) is 4.74 Å². The minimum atomic E-state index is -4.13. The lowest BCUT2D eigenvalue weighted by atomic mass is 9.86. The first-order chi connectivity index (χ1) is 7.94. The van der Waals surface area contributed by atoms with E-state index < -0.39 is 12.7 Å². The molecule has 1 unspecified atom stereocenters. The van der Waals surface area contributed by atoms with E-state index >= 15 is 0 Å². The summed E-state index contributed by atoms with van der Waals surface area (Å²) < 4.78 is 42.8. The molecule has 0 aromatic carbocycles. The van der Waals surface area contributed by atoms with E-state index in [2.05, 4.69) is 0 Å². The van der Waals surface area contributed by atoms with Gasteiger partial charge in [-0.15, -0.1) is 0 Å². The largest absolute Gasteiger partial charge is 0.401 e. The van der Waals surface area contributed by atoms with Crippen molar-refractivity contribution in [3.8, 4) is 0 Å². The molecule has 1 atom stereocenters. The molecule has 3 nitrogen and oxygen atoms in total. The Morgan fingerprint density at radius 3 is 2.47 bits per heavy atom. The highest BCUT2D eigenvalue weighted by atomic mass is 19.4. The fourth-order valence-electron chi connectivity index (χ4n) is 2.41. The molecule has 2 rings (SSSR count). The highest BCUT2D eigenvalue weighted by Gasteiger charge is 2.43. The topological polar surface area (TPSA) is 38.5 Å².